The Morgan fingerprint density at radius 1 is 1.31 bits per heavy atom. The fourth-order valence-corrected chi connectivity index (χ4v) is 4.27. The van der Waals surface area contributed by atoms with E-state index in [2.05, 4.69) is 10.2 Å². The summed E-state index contributed by atoms with van der Waals surface area (Å²) in [5, 5.41) is 3.26. The van der Waals surface area contributed by atoms with Gasteiger partial charge in [-0.25, -0.2) is 0 Å². The van der Waals surface area contributed by atoms with E-state index in [4.69, 9.17) is 15.2 Å². The van der Waals surface area contributed by atoms with Crippen molar-refractivity contribution < 1.29 is 19.1 Å². The molecule has 0 unspecified atom stereocenters. The Morgan fingerprint density at radius 2 is 2.04 bits per heavy atom. The van der Waals surface area contributed by atoms with Gasteiger partial charge in [-0.3, -0.25) is 9.59 Å². The van der Waals surface area contributed by atoms with E-state index in [0.717, 1.165) is 30.0 Å². The Labute approximate surface area is 155 Å². The van der Waals surface area contributed by atoms with Crippen LogP contribution in [0.3, 0.4) is 0 Å². The summed E-state index contributed by atoms with van der Waals surface area (Å²) in [6.07, 6.45) is 0.744. The number of amides is 2. The van der Waals surface area contributed by atoms with Gasteiger partial charge in [0.05, 0.1) is 12.7 Å². The van der Waals surface area contributed by atoms with Crippen LogP contribution in [0.4, 0.5) is 5.00 Å². The van der Waals surface area contributed by atoms with Gasteiger partial charge in [0.15, 0.2) is 18.1 Å². The van der Waals surface area contributed by atoms with Crippen LogP contribution in [-0.4, -0.2) is 44.0 Å². The SMILES string of the molecule is COc1ccccc1OCC(=O)Nc1sc2c(c1C(N)=O)CCN(C)C2. The normalized spacial score (nSPS) is 13.8. The van der Waals surface area contributed by atoms with E-state index in [9.17, 15) is 9.59 Å². The third-order valence-corrected chi connectivity index (χ3v) is 5.31. The molecule has 1 aromatic heterocycles. The Balaban J connectivity index is 1.72. The molecule has 3 N–H and O–H groups in total. The van der Waals surface area contributed by atoms with Crippen LogP contribution in [-0.2, 0) is 17.8 Å². The van der Waals surface area contributed by atoms with Crippen molar-refractivity contribution in [3.8, 4) is 11.5 Å². The minimum atomic E-state index is -0.520. The molecule has 0 saturated carbocycles. The molecular weight excluding hydrogens is 354 g/mol. The van der Waals surface area contributed by atoms with E-state index in [1.807, 2.05) is 13.1 Å². The zero-order valence-corrected chi connectivity index (χ0v) is 15.5. The first-order valence-electron chi connectivity index (χ1n) is 8.18. The standard InChI is InChI=1S/C18H21N3O4S/c1-21-8-7-11-14(9-21)26-18(16(11)17(19)23)20-15(22)10-25-13-6-4-3-5-12(13)24-2/h3-6H,7-10H2,1-2H3,(H2,19,23)(H,20,22). The van der Waals surface area contributed by atoms with Crippen molar-refractivity contribution in [3.63, 3.8) is 0 Å². The molecule has 0 bridgehead atoms. The third-order valence-electron chi connectivity index (χ3n) is 4.17. The minimum Gasteiger partial charge on any atom is -0.493 e. The van der Waals surface area contributed by atoms with Gasteiger partial charge >= 0.3 is 0 Å². The van der Waals surface area contributed by atoms with Gasteiger partial charge in [0.25, 0.3) is 11.8 Å². The summed E-state index contributed by atoms with van der Waals surface area (Å²) < 4.78 is 10.7. The van der Waals surface area contributed by atoms with Crippen LogP contribution < -0.4 is 20.5 Å². The highest BCUT2D eigenvalue weighted by Gasteiger charge is 2.26. The molecule has 0 fully saturated rings. The fourth-order valence-electron chi connectivity index (χ4n) is 2.92. The Morgan fingerprint density at radius 3 is 2.73 bits per heavy atom. The third kappa shape index (κ3) is 3.81. The monoisotopic (exact) mass is 375 g/mol. The molecule has 26 heavy (non-hydrogen) atoms. The summed E-state index contributed by atoms with van der Waals surface area (Å²) >= 11 is 1.40. The van der Waals surface area contributed by atoms with E-state index in [0.29, 0.717) is 22.1 Å². The number of para-hydroxylation sites is 2. The molecular formula is C18H21N3O4S. The molecule has 0 radical (unpaired) electrons. The number of ether oxygens (including phenoxy) is 2. The summed E-state index contributed by atoms with van der Waals surface area (Å²) in [7, 11) is 3.56. The summed E-state index contributed by atoms with van der Waals surface area (Å²) in [5.41, 5.74) is 6.92. The molecule has 0 aliphatic carbocycles. The lowest BCUT2D eigenvalue weighted by Gasteiger charge is -2.22. The predicted octanol–water partition coefficient (Wildman–Crippen LogP) is 1.86. The lowest BCUT2D eigenvalue weighted by atomic mass is 10.0. The highest BCUT2D eigenvalue weighted by atomic mass is 32.1. The number of likely N-dealkylation sites (N-methyl/N-ethyl adjacent to an activating group) is 1. The Bertz CT molecular complexity index is 834. The molecule has 0 spiro atoms. The topological polar surface area (TPSA) is 93.9 Å². The maximum atomic E-state index is 12.3. The number of benzene rings is 1. The quantitative estimate of drug-likeness (QED) is 0.804. The minimum absolute atomic E-state index is 0.193. The smallest absolute Gasteiger partial charge is 0.262 e. The van der Waals surface area contributed by atoms with Gasteiger partial charge in [-0.1, -0.05) is 12.1 Å². The van der Waals surface area contributed by atoms with Crippen molar-refractivity contribution in [3.05, 3.63) is 40.3 Å². The van der Waals surface area contributed by atoms with Crippen molar-refractivity contribution in [1.82, 2.24) is 4.90 Å². The fraction of sp³-hybridized carbons (Fsp3) is 0.333. The molecule has 1 aliphatic heterocycles. The second-order valence-corrected chi connectivity index (χ2v) is 7.15. The van der Waals surface area contributed by atoms with E-state index < -0.39 is 5.91 Å². The molecule has 2 amide bonds. The van der Waals surface area contributed by atoms with Gasteiger partial charge in [-0.05, 0) is 31.2 Å². The molecule has 1 aliphatic rings. The number of rotatable bonds is 6. The van der Waals surface area contributed by atoms with Crippen molar-refractivity contribution in [1.29, 1.82) is 0 Å². The number of nitrogens with one attached hydrogen (secondary N) is 1. The van der Waals surface area contributed by atoms with E-state index in [-0.39, 0.29) is 12.5 Å². The zero-order valence-electron chi connectivity index (χ0n) is 14.7. The number of fused-ring (bicyclic) bond motifs is 1. The van der Waals surface area contributed by atoms with Crippen molar-refractivity contribution in [2.45, 2.75) is 13.0 Å². The van der Waals surface area contributed by atoms with Crippen LogP contribution in [0.2, 0.25) is 0 Å². The molecule has 138 valence electrons. The average Bonchev–Trinajstić information content (AvgIpc) is 2.97. The van der Waals surface area contributed by atoms with Crippen LogP contribution >= 0.6 is 11.3 Å². The predicted molar refractivity (Wildman–Crippen MR) is 100.0 cm³/mol. The first-order chi connectivity index (χ1) is 12.5. The van der Waals surface area contributed by atoms with Crippen molar-refractivity contribution in [2.24, 2.45) is 5.73 Å². The van der Waals surface area contributed by atoms with Gasteiger partial charge in [0, 0.05) is 18.0 Å². The summed E-state index contributed by atoms with van der Waals surface area (Å²) in [6.45, 7) is 1.41. The molecule has 2 aromatic rings. The molecule has 3 rings (SSSR count). The number of nitrogens with zero attached hydrogens (tertiary/aromatic N) is 1. The molecule has 2 heterocycles. The van der Waals surface area contributed by atoms with Crippen LogP contribution in [0.15, 0.2) is 24.3 Å². The van der Waals surface area contributed by atoms with Gasteiger partial charge < -0.3 is 25.4 Å². The van der Waals surface area contributed by atoms with Gasteiger partial charge in [-0.15, -0.1) is 11.3 Å². The second kappa shape index (κ2) is 7.76. The maximum absolute atomic E-state index is 12.3. The van der Waals surface area contributed by atoms with E-state index >= 15 is 0 Å². The first-order valence-corrected chi connectivity index (χ1v) is 8.99. The molecule has 7 nitrogen and oxygen atoms in total. The van der Waals surface area contributed by atoms with Crippen LogP contribution in [0, 0.1) is 0 Å². The Kier molecular flexibility index (Phi) is 5.43. The first kappa shape index (κ1) is 18.2. The highest BCUT2D eigenvalue weighted by Crippen LogP contribution is 2.36. The van der Waals surface area contributed by atoms with Gasteiger partial charge in [-0.2, -0.15) is 0 Å². The lowest BCUT2D eigenvalue weighted by molar-refractivity contribution is -0.118. The average molecular weight is 375 g/mol. The number of anilines is 1. The summed E-state index contributed by atoms with van der Waals surface area (Å²) in [4.78, 5) is 27.4. The van der Waals surface area contributed by atoms with Crippen LogP contribution in [0.5, 0.6) is 11.5 Å². The number of hydrogen-bond donors (Lipinski definition) is 2. The number of nitrogens with two attached hydrogens (primary N) is 1. The van der Waals surface area contributed by atoms with Crippen molar-refractivity contribution >= 4 is 28.2 Å². The maximum Gasteiger partial charge on any atom is 0.262 e. The number of primary amides is 1. The number of methoxy groups -OCH3 is 1. The number of carbonyl (C=O) groups is 2. The number of hydrogen-bond acceptors (Lipinski definition) is 6. The van der Waals surface area contributed by atoms with E-state index in [1.165, 1.54) is 18.4 Å². The lowest BCUT2D eigenvalue weighted by Crippen LogP contribution is -2.27. The highest BCUT2D eigenvalue weighted by molar-refractivity contribution is 7.17. The van der Waals surface area contributed by atoms with Crippen LogP contribution in [0.25, 0.3) is 0 Å². The number of carbonyl (C=O) groups excluding carboxylic acids is 2. The van der Waals surface area contributed by atoms with Crippen LogP contribution in [0.1, 0.15) is 20.8 Å². The molecule has 0 saturated heterocycles. The van der Waals surface area contributed by atoms with Gasteiger partial charge in [0.2, 0.25) is 0 Å². The summed E-state index contributed by atoms with van der Waals surface area (Å²) in [6, 6.07) is 7.09. The number of thiophene rings is 1. The molecule has 0 atom stereocenters. The second-order valence-electron chi connectivity index (χ2n) is 6.05. The Hall–Kier alpha value is -2.58. The largest absolute Gasteiger partial charge is 0.493 e. The van der Waals surface area contributed by atoms with Gasteiger partial charge in [0.1, 0.15) is 5.00 Å². The zero-order chi connectivity index (χ0) is 18.7. The molecule has 8 heteroatoms. The molecule has 1 aromatic carbocycles. The van der Waals surface area contributed by atoms with E-state index in [1.54, 1.807) is 18.2 Å². The summed E-state index contributed by atoms with van der Waals surface area (Å²) in [5.74, 6) is 0.151. The van der Waals surface area contributed by atoms with Crippen molar-refractivity contribution in [2.75, 3.05) is 32.6 Å².